The first-order valence-corrected chi connectivity index (χ1v) is 7.93. The number of rotatable bonds is 1. The van der Waals surface area contributed by atoms with Gasteiger partial charge in [0.05, 0.1) is 0 Å². The van der Waals surface area contributed by atoms with Gasteiger partial charge in [-0.05, 0) is 42.0 Å². The van der Waals surface area contributed by atoms with Crippen LogP contribution in [0.2, 0.25) is 0 Å². The topological polar surface area (TPSA) is 23.6 Å². The van der Waals surface area contributed by atoms with Gasteiger partial charge in [-0.1, -0.05) is 32.9 Å². The van der Waals surface area contributed by atoms with Crippen LogP contribution >= 0.6 is 0 Å². The van der Waals surface area contributed by atoms with Gasteiger partial charge in [-0.25, -0.2) is 0 Å². The SMILES string of the molecule is CN1CC2CN(C(=O)c3ccc(C(C)(C)C)cc3)CC2C1. The molecule has 0 aliphatic carbocycles. The fourth-order valence-electron chi connectivity index (χ4n) is 3.69. The molecule has 0 saturated carbocycles. The molecule has 1 amide bonds. The first kappa shape index (κ1) is 14.6. The summed E-state index contributed by atoms with van der Waals surface area (Å²) in [4.78, 5) is 17.1. The van der Waals surface area contributed by atoms with Crippen molar-refractivity contribution in [3.8, 4) is 0 Å². The number of hydrogen-bond acceptors (Lipinski definition) is 2. The third-order valence-corrected chi connectivity index (χ3v) is 4.95. The van der Waals surface area contributed by atoms with Gasteiger partial charge in [0.2, 0.25) is 0 Å². The third-order valence-electron chi connectivity index (χ3n) is 4.95. The normalized spacial score (nSPS) is 26.2. The zero-order valence-corrected chi connectivity index (χ0v) is 13.6. The maximum absolute atomic E-state index is 12.6. The summed E-state index contributed by atoms with van der Waals surface area (Å²) in [6.07, 6.45) is 0. The molecule has 0 aromatic heterocycles. The van der Waals surface area contributed by atoms with E-state index in [1.807, 2.05) is 12.1 Å². The molecule has 2 aliphatic rings. The lowest BCUT2D eigenvalue weighted by Crippen LogP contribution is -2.32. The highest BCUT2D eigenvalue weighted by molar-refractivity contribution is 5.94. The highest BCUT2D eigenvalue weighted by atomic mass is 16.2. The number of likely N-dealkylation sites (tertiary alicyclic amines) is 2. The van der Waals surface area contributed by atoms with E-state index < -0.39 is 0 Å². The van der Waals surface area contributed by atoms with Crippen LogP contribution in [-0.4, -0.2) is 48.9 Å². The predicted octanol–water partition coefficient (Wildman–Crippen LogP) is 2.62. The van der Waals surface area contributed by atoms with Gasteiger partial charge in [0, 0.05) is 31.7 Å². The summed E-state index contributed by atoms with van der Waals surface area (Å²) in [5.74, 6) is 1.55. The van der Waals surface area contributed by atoms with Crippen LogP contribution in [0, 0.1) is 11.8 Å². The second kappa shape index (κ2) is 5.13. The quantitative estimate of drug-likeness (QED) is 0.792. The fraction of sp³-hybridized carbons (Fsp3) is 0.611. The lowest BCUT2D eigenvalue weighted by atomic mass is 9.86. The Bertz CT molecular complexity index is 515. The maximum Gasteiger partial charge on any atom is 0.253 e. The molecule has 3 heteroatoms. The first-order valence-electron chi connectivity index (χ1n) is 7.93. The van der Waals surface area contributed by atoms with Crippen molar-refractivity contribution in [1.82, 2.24) is 9.80 Å². The first-order chi connectivity index (χ1) is 9.84. The van der Waals surface area contributed by atoms with E-state index >= 15 is 0 Å². The van der Waals surface area contributed by atoms with Crippen LogP contribution in [0.5, 0.6) is 0 Å². The van der Waals surface area contributed by atoms with E-state index in [1.54, 1.807) is 0 Å². The lowest BCUT2D eigenvalue weighted by Gasteiger charge is -2.21. The molecule has 0 spiro atoms. The lowest BCUT2D eigenvalue weighted by molar-refractivity contribution is 0.0776. The van der Waals surface area contributed by atoms with Crippen LogP contribution < -0.4 is 0 Å². The summed E-state index contributed by atoms with van der Waals surface area (Å²) in [6.45, 7) is 10.7. The number of benzene rings is 1. The van der Waals surface area contributed by atoms with Gasteiger partial charge in [-0.2, -0.15) is 0 Å². The smallest absolute Gasteiger partial charge is 0.253 e. The van der Waals surface area contributed by atoms with E-state index in [2.05, 4.69) is 49.8 Å². The van der Waals surface area contributed by atoms with Crippen LogP contribution in [0.4, 0.5) is 0 Å². The Balaban J connectivity index is 1.69. The summed E-state index contributed by atoms with van der Waals surface area (Å²) in [5.41, 5.74) is 2.24. The van der Waals surface area contributed by atoms with Crippen LogP contribution in [0.3, 0.4) is 0 Å². The molecule has 3 nitrogen and oxygen atoms in total. The molecule has 2 heterocycles. The second-order valence-electron chi connectivity index (χ2n) is 7.78. The molecule has 3 rings (SSSR count). The molecule has 2 saturated heterocycles. The number of carbonyl (C=O) groups is 1. The molecule has 21 heavy (non-hydrogen) atoms. The van der Waals surface area contributed by atoms with Crippen molar-refractivity contribution in [3.05, 3.63) is 35.4 Å². The van der Waals surface area contributed by atoms with E-state index in [1.165, 1.54) is 5.56 Å². The molecule has 2 fully saturated rings. The standard InChI is InChI=1S/C18H26N2O/c1-18(2,3)16-7-5-13(6-8-16)17(21)20-11-14-9-19(4)10-15(14)12-20/h5-8,14-15H,9-12H2,1-4H3. The van der Waals surface area contributed by atoms with Gasteiger partial charge in [0.15, 0.2) is 0 Å². The summed E-state index contributed by atoms with van der Waals surface area (Å²) < 4.78 is 0. The van der Waals surface area contributed by atoms with Crippen LogP contribution in [0.1, 0.15) is 36.7 Å². The highest BCUT2D eigenvalue weighted by Crippen LogP contribution is 2.31. The Morgan fingerprint density at radius 1 is 1.00 bits per heavy atom. The van der Waals surface area contributed by atoms with Gasteiger partial charge < -0.3 is 9.80 Å². The van der Waals surface area contributed by atoms with Gasteiger partial charge in [0.25, 0.3) is 5.91 Å². The number of carbonyl (C=O) groups excluding carboxylic acids is 1. The molecule has 2 atom stereocenters. The van der Waals surface area contributed by atoms with Gasteiger partial charge in [0.1, 0.15) is 0 Å². The molecule has 1 aromatic carbocycles. The van der Waals surface area contributed by atoms with E-state index in [4.69, 9.17) is 0 Å². The third kappa shape index (κ3) is 2.84. The summed E-state index contributed by atoms with van der Waals surface area (Å²) in [7, 11) is 2.18. The molecule has 1 aromatic rings. The van der Waals surface area contributed by atoms with Crippen molar-refractivity contribution in [2.45, 2.75) is 26.2 Å². The average Bonchev–Trinajstić information content (AvgIpc) is 2.94. The Morgan fingerprint density at radius 2 is 1.52 bits per heavy atom. The predicted molar refractivity (Wildman–Crippen MR) is 85.5 cm³/mol. The molecule has 0 N–H and O–H groups in total. The zero-order valence-electron chi connectivity index (χ0n) is 13.6. The molecule has 2 unspecified atom stereocenters. The average molecular weight is 286 g/mol. The van der Waals surface area contributed by atoms with Crippen molar-refractivity contribution in [2.24, 2.45) is 11.8 Å². The molecule has 0 radical (unpaired) electrons. The van der Waals surface area contributed by atoms with E-state index in [0.29, 0.717) is 11.8 Å². The van der Waals surface area contributed by atoms with Crippen molar-refractivity contribution in [3.63, 3.8) is 0 Å². The van der Waals surface area contributed by atoms with Gasteiger partial charge in [-0.15, -0.1) is 0 Å². The Hall–Kier alpha value is -1.35. The van der Waals surface area contributed by atoms with Crippen molar-refractivity contribution >= 4 is 5.91 Å². The summed E-state index contributed by atoms with van der Waals surface area (Å²) in [5, 5.41) is 0. The summed E-state index contributed by atoms with van der Waals surface area (Å²) >= 11 is 0. The van der Waals surface area contributed by atoms with E-state index in [-0.39, 0.29) is 11.3 Å². The van der Waals surface area contributed by atoms with Gasteiger partial charge >= 0.3 is 0 Å². The minimum Gasteiger partial charge on any atom is -0.338 e. The number of nitrogens with zero attached hydrogens (tertiary/aromatic N) is 2. The molecular formula is C18H26N2O. The number of amides is 1. The Morgan fingerprint density at radius 3 is 2.00 bits per heavy atom. The fourth-order valence-corrected chi connectivity index (χ4v) is 3.69. The summed E-state index contributed by atoms with van der Waals surface area (Å²) in [6, 6.07) is 8.17. The second-order valence-corrected chi connectivity index (χ2v) is 7.78. The molecule has 2 aliphatic heterocycles. The van der Waals surface area contributed by atoms with Crippen LogP contribution in [0.15, 0.2) is 24.3 Å². The van der Waals surface area contributed by atoms with Gasteiger partial charge in [-0.3, -0.25) is 4.79 Å². The van der Waals surface area contributed by atoms with Crippen molar-refractivity contribution < 1.29 is 4.79 Å². The Kier molecular flexibility index (Phi) is 3.56. The van der Waals surface area contributed by atoms with Crippen LogP contribution in [0.25, 0.3) is 0 Å². The largest absolute Gasteiger partial charge is 0.338 e. The minimum absolute atomic E-state index is 0.136. The Labute approximate surface area is 127 Å². The zero-order chi connectivity index (χ0) is 15.2. The molecule has 0 bridgehead atoms. The monoisotopic (exact) mass is 286 g/mol. The van der Waals surface area contributed by atoms with Crippen LogP contribution in [-0.2, 0) is 5.41 Å². The number of fused-ring (bicyclic) bond motifs is 1. The maximum atomic E-state index is 12.6. The molecular weight excluding hydrogens is 260 g/mol. The highest BCUT2D eigenvalue weighted by Gasteiger charge is 2.40. The minimum atomic E-state index is 0.136. The number of hydrogen-bond donors (Lipinski definition) is 0. The van der Waals surface area contributed by atoms with E-state index in [0.717, 1.165) is 31.7 Å². The van der Waals surface area contributed by atoms with Crippen molar-refractivity contribution in [1.29, 1.82) is 0 Å². The molecule has 114 valence electrons. The van der Waals surface area contributed by atoms with E-state index in [9.17, 15) is 4.79 Å². The van der Waals surface area contributed by atoms with Crippen molar-refractivity contribution in [2.75, 3.05) is 33.2 Å².